The highest BCUT2D eigenvalue weighted by Crippen LogP contribution is 2.28. The summed E-state index contributed by atoms with van der Waals surface area (Å²) in [4.78, 5) is 22.8. The van der Waals surface area contributed by atoms with Crippen molar-refractivity contribution in [2.45, 2.75) is 24.2 Å². The lowest BCUT2D eigenvalue weighted by Crippen LogP contribution is -2.61. The van der Waals surface area contributed by atoms with Gasteiger partial charge in [0.05, 0.1) is 5.75 Å². The van der Waals surface area contributed by atoms with E-state index in [1.165, 1.54) is 22.2 Å². The zero-order valence-corrected chi connectivity index (χ0v) is 15.9. The quantitative estimate of drug-likeness (QED) is 0.645. The Labute approximate surface area is 160 Å². The van der Waals surface area contributed by atoms with E-state index in [2.05, 4.69) is 21.3 Å². The summed E-state index contributed by atoms with van der Waals surface area (Å²) in [6, 6.07) is 10.4. The Morgan fingerprint density at radius 3 is 3.08 bits per heavy atom. The maximum absolute atomic E-state index is 12.4. The lowest BCUT2D eigenvalue weighted by atomic mass is 10.0. The minimum Gasteiger partial charge on any atom is -0.431 e. The fourth-order valence-electron chi connectivity index (χ4n) is 3.60. The molecule has 2 aliphatic heterocycles. The van der Waals surface area contributed by atoms with Crippen molar-refractivity contribution in [3.05, 3.63) is 46.2 Å². The molecule has 5 rings (SSSR count). The summed E-state index contributed by atoms with van der Waals surface area (Å²) >= 11 is 3.25. The molecule has 0 spiro atoms. The molecule has 26 heavy (non-hydrogen) atoms. The lowest BCUT2D eigenvalue weighted by Gasteiger charge is -2.46. The molecule has 3 aromatic rings. The highest BCUT2D eigenvalue weighted by Gasteiger charge is 2.36. The molecule has 4 heterocycles. The van der Waals surface area contributed by atoms with Crippen LogP contribution in [0.2, 0.25) is 0 Å². The van der Waals surface area contributed by atoms with Gasteiger partial charge in [-0.1, -0.05) is 23.9 Å². The van der Waals surface area contributed by atoms with Crippen molar-refractivity contribution in [2.75, 3.05) is 25.4 Å². The fraction of sp³-hybridized carbons (Fsp3) is 0.368. The molecule has 2 aromatic heterocycles. The van der Waals surface area contributed by atoms with Crippen molar-refractivity contribution in [1.82, 2.24) is 14.8 Å². The molecule has 1 aromatic carbocycles. The third-order valence-electron chi connectivity index (χ3n) is 5.16. The van der Waals surface area contributed by atoms with Crippen molar-refractivity contribution in [3.8, 4) is 0 Å². The van der Waals surface area contributed by atoms with E-state index in [4.69, 9.17) is 4.42 Å². The number of oxazole rings is 1. The largest absolute Gasteiger partial charge is 0.431 e. The van der Waals surface area contributed by atoms with Gasteiger partial charge >= 0.3 is 0 Å². The molecule has 0 saturated carbocycles. The van der Waals surface area contributed by atoms with Gasteiger partial charge in [0.1, 0.15) is 5.52 Å². The molecule has 0 atom stereocenters. The number of carbonyl (C=O) groups is 1. The van der Waals surface area contributed by atoms with Crippen LogP contribution in [0.4, 0.5) is 0 Å². The van der Waals surface area contributed by atoms with Crippen molar-refractivity contribution in [1.29, 1.82) is 0 Å². The van der Waals surface area contributed by atoms with E-state index in [1.807, 2.05) is 40.5 Å². The SMILES string of the molecule is O=C(CSc1nc2ccccc2o1)N1CC(N2CCc3sccc3C2)C1. The van der Waals surface area contributed by atoms with Crippen LogP contribution < -0.4 is 0 Å². The van der Waals surface area contributed by atoms with E-state index in [9.17, 15) is 4.79 Å². The molecule has 7 heteroatoms. The molecule has 0 aliphatic carbocycles. The second kappa shape index (κ2) is 6.72. The molecule has 1 amide bonds. The maximum atomic E-state index is 12.4. The van der Waals surface area contributed by atoms with E-state index >= 15 is 0 Å². The predicted octanol–water partition coefficient (Wildman–Crippen LogP) is 3.25. The fourth-order valence-corrected chi connectivity index (χ4v) is 5.23. The first-order chi connectivity index (χ1) is 12.8. The number of aromatic nitrogens is 1. The first-order valence-electron chi connectivity index (χ1n) is 8.82. The van der Waals surface area contributed by atoms with Crippen LogP contribution in [-0.4, -0.2) is 52.1 Å². The summed E-state index contributed by atoms with van der Waals surface area (Å²) in [5, 5.41) is 2.76. The Morgan fingerprint density at radius 1 is 1.31 bits per heavy atom. The Bertz CT molecular complexity index is 912. The molecule has 5 nitrogen and oxygen atoms in total. The van der Waals surface area contributed by atoms with Crippen LogP contribution in [0.1, 0.15) is 10.4 Å². The number of nitrogens with zero attached hydrogens (tertiary/aromatic N) is 3. The van der Waals surface area contributed by atoms with Gasteiger partial charge in [-0.25, -0.2) is 4.98 Å². The summed E-state index contributed by atoms with van der Waals surface area (Å²) in [5.41, 5.74) is 3.08. The van der Waals surface area contributed by atoms with Crippen LogP contribution in [0, 0.1) is 0 Å². The van der Waals surface area contributed by atoms with Gasteiger partial charge in [-0.3, -0.25) is 9.69 Å². The van der Waals surface area contributed by atoms with Crippen molar-refractivity contribution < 1.29 is 9.21 Å². The summed E-state index contributed by atoms with van der Waals surface area (Å²) in [6.07, 6.45) is 1.14. The number of rotatable bonds is 4. The minimum atomic E-state index is 0.168. The molecule has 1 saturated heterocycles. The average Bonchev–Trinajstić information content (AvgIpc) is 3.24. The molecule has 134 valence electrons. The van der Waals surface area contributed by atoms with E-state index < -0.39 is 0 Å². The van der Waals surface area contributed by atoms with E-state index in [1.54, 1.807) is 0 Å². The second-order valence-corrected chi connectivity index (χ2v) is 8.71. The summed E-state index contributed by atoms with van der Waals surface area (Å²) < 4.78 is 5.67. The molecule has 0 unspecified atom stereocenters. The Balaban J connectivity index is 1.12. The molecular formula is C19H19N3O2S2. The molecule has 2 aliphatic rings. The van der Waals surface area contributed by atoms with Crippen LogP contribution in [0.5, 0.6) is 0 Å². The van der Waals surface area contributed by atoms with Gasteiger partial charge in [0.2, 0.25) is 5.91 Å². The number of benzene rings is 1. The summed E-state index contributed by atoms with van der Waals surface area (Å²) in [6.45, 7) is 3.82. The summed E-state index contributed by atoms with van der Waals surface area (Å²) in [5.74, 6) is 0.551. The third-order valence-corrected chi connectivity index (χ3v) is 7.00. The highest BCUT2D eigenvalue weighted by molar-refractivity contribution is 7.99. The van der Waals surface area contributed by atoms with Crippen LogP contribution >= 0.6 is 23.1 Å². The Kier molecular flexibility index (Phi) is 4.23. The smallest absolute Gasteiger partial charge is 0.257 e. The van der Waals surface area contributed by atoms with Gasteiger partial charge in [-0.2, -0.15) is 0 Å². The van der Waals surface area contributed by atoms with Crippen LogP contribution in [0.3, 0.4) is 0 Å². The standard InChI is InChI=1S/C19H19N3O2S2/c23-18(12-26-19-20-15-3-1-2-4-16(15)24-19)22-10-14(11-22)21-7-5-17-13(9-21)6-8-25-17/h1-4,6,8,14H,5,7,9-12H2. The predicted molar refractivity (Wildman–Crippen MR) is 104 cm³/mol. The summed E-state index contributed by atoms with van der Waals surface area (Å²) in [7, 11) is 0. The number of hydrogen-bond acceptors (Lipinski definition) is 6. The number of thiophene rings is 1. The number of carbonyl (C=O) groups excluding carboxylic acids is 1. The van der Waals surface area contributed by atoms with Gasteiger partial charge in [0, 0.05) is 37.1 Å². The first-order valence-corrected chi connectivity index (χ1v) is 10.7. The zero-order chi connectivity index (χ0) is 17.5. The van der Waals surface area contributed by atoms with Crippen molar-refractivity contribution in [2.24, 2.45) is 0 Å². The van der Waals surface area contributed by atoms with Crippen LogP contribution in [0.25, 0.3) is 11.1 Å². The number of hydrogen-bond donors (Lipinski definition) is 0. The maximum Gasteiger partial charge on any atom is 0.257 e. The van der Waals surface area contributed by atoms with Gasteiger partial charge in [0.25, 0.3) is 5.22 Å². The Hall–Kier alpha value is -1.83. The van der Waals surface area contributed by atoms with Crippen molar-refractivity contribution >= 4 is 40.1 Å². The third kappa shape index (κ3) is 3.04. The lowest BCUT2D eigenvalue weighted by molar-refractivity contribution is -0.136. The van der Waals surface area contributed by atoms with E-state index in [0.717, 1.165) is 43.7 Å². The second-order valence-electron chi connectivity index (χ2n) is 6.78. The van der Waals surface area contributed by atoms with E-state index in [-0.39, 0.29) is 5.91 Å². The highest BCUT2D eigenvalue weighted by atomic mass is 32.2. The van der Waals surface area contributed by atoms with Gasteiger partial charge in [0.15, 0.2) is 5.58 Å². The molecule has 1 fully saturated rings. The normalized spacial score (nSPS) is 18.1. The van der Waals surface area contributed by atoms with Crippen molar-refractivity contribution in [3.63, 3.8) is 0 Å². The molecule has 0 N–H and O–H groups in total. The van der Waals surface area contributed by atoms with Crippen LogP contribution in [-0.2, 0) is 17.8 Å². The van der Waals surface area contributed by atoms with Crippen LogP contribution in [0.15, 0.2) is 45.4 Å². The number of para-hydroxylation sites is 2. The first kappa shape index (κ1) is 16.4. The van der Waals surface area contributed by atoms with E-state index in [0.29, 0.717) is 17.0 Å². The molecule has 0 radical (unpaired) electrons. The average molecular weight is 386 g/mol. The van der Waals surface area contributed by atoms with Gasteiger partial charge in [-0.15, -0.1) is 11.3 Å². The van der Waals surface area contributed by atoms with Gasteiger partial charge in [-0.05, 0) is 35.6 Å². The minimum absolute atomic E-state index is 0.168. The number of thioether (sulfide) groups is 1. The topological polar surface area (TPSA) is 49.6 Å². The molecular weight excluding hydrogens is 366 g/mol. The van der Waals surface area contributed by atoms with Gasteiger partial charge < -0.3 is 9.32 Å². The number of likely N-dealkylation sites (tertiary alicyclic amines) is 1. The number of fused-ring (bicyclic) bond motifs is 2. The monoisotopic (exact) mass is 385 g/mol. The zero-order valence-electron chi connectivity index (χ0n) is 14.3. The Morgan fingerprint density at radius 2 is 2.19 bits per heavy atom. The molecule has 0 bridgehead atoms. The number of amides is 1.